The van der Waals surface area contributed by atoms with Crippen LogP contribution < -0.4 is 5.56 Å². The van der Waals surface area contributed by atoms with E-state index in [9.17, 15) is 4.79 Å². The van der Waals surface area contributed by atoms with E-state index < -0.39 is 0 Å². The van der Waals surface area contributed by atoms with Crippen LogP contribution in [-0.2, 0) is 6.42 Å². The van der Waals surface area contributed by atoms with Gasteiger partial charge in [0.15, 0.2) is 0 Å². The average molecular weight is 279 g/mol. The van der Waals surface area contributed by atoms with Gasteiger partial charge in [0, 0.05) is 24.4 Å². The van der Waals surface area contributed by atoms with Gasteiger partial charge in [-0.25, -0.2) is 4.98 Å². The Balaban J connectivity index is 1.99. The third-order valence-electron chi connectivity index (χ3n) is 3.64. The lowest BCUT2D eigenvalue weighted by atomic mass is 10.1. The predicted octanol–water partition coefficient (Wildman–Crippen LogP) is 2.90. The van der Waals surface area contributed by atoms with Crippen molar-refractivity contribution in [3.05, 3.63) is 70.5 Å². The first-order chi connectivity index (χ1) is 10.1. The first-order valence-electron chi connectivity index (χ1n) is 7.02. The highest BCUT2D eigenvalue weighted by Gasteiger charge is 2.11. The minimum absolute atomic E-state index is 0.00318. The molecule has 106 valence electrons. The fraction of sp³-hybridized carbons (Fsp3) is 0.235. The molecular weight excluding hydrogens is 262 g/mol. The van der Waals surface area contributed by atoms with Crippen LogP contribution in [0.2, 0.25) is 0 Å². The fourth-order valence-electron chi connectivity index (χ4n) is 2.48. The summed E-state index contributed by atoms with van der Waals surface area (Å²) in [6.45, 7) is 4.01. The van der Waals surface area contributed by atoms with Crippen molar-refractivity contribution in [2.24, 2.45) is 0 Å². The second-order valence-electron chi connectivity index (χ2n) is 5.35. The fourth-order valence-corrected chi connectivity index (χ4v) is 2.48. The van der Waals surface area contributed by atoms with Crippen LogP contribution in [0.4, 0.5) is 0 Å². The molecule has 1 aromatic carbocycles. The standard InChI is InChI=1S/C17H17N3O/c1-12-6-7-15-16(9-12)19-11-20(17(15)21)13(2)10-14-5-3-4-8-18-14/h3-9,11,13H,10H2,1-2H3. The minimum atomic E-state index is 0.00318. The van der Waals surface area contributed by atoms with Crippen molar-refractivity contribution in [2.45, 2.75) is 26.3 Å². The molecular formula is C17H17N3O. The molecule has 3 rings (SSSR count). The van der Waals surface area contributed by atoms with Gasteiger partial charge in [-0.15, -0.1) is 0 Å². The van der Waals surface area contributed by atoms with Crippen molar-refractivity contribution in [2.75, 3.05) is 0 Å². The van der Waals surface area contributed by atoms with Crippen LogP contribution in [0.25, 0.3) is 10.9 Å². The molecule has 2 aromatic heterocycles. The molecule has 3 aromatic rings. The van der Waals surface area contributed by atoms with Crippen LogP contribution in [0.1, 0.15) is 24.2 Å². The third kappa shape index (κ3) is 2.70. The van der Waals surface area contributed by atoms with Crippen molar-refractivity contribution >= 4 is 10.9 Å². The maximum atomic E-state index is 12.6. The summed E-state index contributed by atoms with van der Waals surface area (Å²) in [7, 11) is 0. The molecule has 0 radical (unpaired) electrons. The SMILES string of the molecule is Cc1ccc2c(=O)n(C(C)Cc3ccccn3)cnc2c1. The van der Waals surface area contributed by atoms with E-state index in [1.54, 1.807) is 17.1 Å². The van der Waals surface area contributed by atoms with Gasteiger partial charge in [0.1, 0.15) is 0 Å². The molecule has 0 bridgehead atoms. The maximum Gasteiger partial charge on any atom is 0.261 e. The highest BCUT2D eigenvalue weighted by atomic mass is 16.1. The monoisotopic (exact) mass is 279 g/mol. The van der Waals surface area contributed by atoms with E-state index in [1.165, 1.54) is 0 Å². The van der Waals surface area contributed by atoms with E-state index in [0.29, 0.717) is 11.8 Å². The summed E-state index contributed by atoms with van der Waals surface area (Å²) in [6, 6.07) is 11.6. The zero-order valence-electron chi connectivity index (χ0n) is 12.2. The van der Waals surface area contributed by atoms with Gasteiger partial charge < -0.3 is 0 Å². The van der Waals surface area contributed by atoms with Crippen molar-refractivity contribution < 1.29 is 0 Å². The van der Waals surface area contributed by atoms with Gasteiger partial charge in [-0.3, -0.25) is 14.3 Å². The minimum Gasteiger partial charge on any atom is -0.295 e. The van der Waals surface area contributed by atoms with Crippen molar-refractivity contribution in [3.63, 3.8) is 0 Å². The van der Waals surface area contributed by atoms with Gasteiger partial charge in [-0.05, 0) is 43.7 Å². The van der Waals surface area contributed by atoms with Crippen LogP contribution in [0.5, 0.6) is 0 Å². The molecule has 4 heteroatoms. The molecule has 21 heavy (non-hydrogen) atoms. The van der Waals surface area contributed by atoms with Crippen molar-refractivity contribution in [3.8, 4) is 0 Å². The Morgan fingerprint density at radius 3 is 2.81 bits per heavy atom. The normalized spacial score (nSPS) is 12.5. The first kappa shape index (κ1) is 13.5. The van der Waals surface area contributed by atoms with E-state index in [1.807, 2.05) is 50.2 Å². The summed E-state index contributed by atoms with van der Waals surface area (Å²) in [4.78, 5) is 21.3. The highest BCUT2D eigenvalue weighted by Crippen LogP contribution is 2.13. The van der Waals surface area contributed by atoms with Crippen LogP contribution in [-0.4, -0.2) is 14.5 Å². The van der Waals surface area contributed by atoms with Crippen molar-refractivity contribution in [1.82, 2.24) is 14.5 Å². The molecule has 0 fully saturated rings. The second kappa shape index (κ2) is 5.48. The number of benzene rings is 1. The molecule has 0 amide bonds. The van der Waals surface area contributed by atoms with E-state index in [-0.39, 0.29) is 11.6 Å². The second-order valence-corrected chi connectivity index (χ2v) is 5.35. The predicted molar refractivity (Wildman–Crippen MR) is 83.4 cm³/mol. The molecule has 0 aliphatic heterocycles. The summed E-state index contributed by atoms with van der Waals surface area (Å²) < 4.78 is 1.69. The zero-order chi connectivity index (χ0) is 14.8. The lowest BCUT2D eigenvalue weighted by molar-refractivity contribution is 0.518. The summed E-state index contributed by atoms with van der Waals surface area (Å²) >= 11 is 0. The van der Waals surface area contributed by atoms with Crippen LogP contribution >= 0.6 is 0 Å². The summed E-state index contributed by atoms with van der Waals surface area (Å²) in [5.41, 5.74) is 2.83. The van der Waals surface area contributed by atoms with Gasteiger partial charge in [-0.2, -0.15) is 0 Å². The highest BCUT2D eigenvalue weighted by molar-refractivity contribution is 5.77. The number of aryl methyl sites for hydroxylation is 1. The summed E-state index contributed by atoms with van der Waals surface area (Å²) in [5, 5.41) is 0.663. The van der Waals surface area contributed by atoms with E-state index in [4.69, 9.17) is 0 Å². The number of nitrogens with zero attached hydrogens (tertiary/aromatic N) is 3. The first-order valence-corrected chi connectivity index (χ1v) is 7.02. The van der Waals surface area contributed by atoms with Gasteiger partial charge in [0.05, 0.1) is 17.2 Å². The van der Waals surface area contributed by atoms with Crippen LogP contribution in [0.3, 0.4) is 0 Å². The lowest BCUT2D eigenvalue weighted by Gasteiger charge is -2.15. The Bertz CT molecular complexity index is 824. The Morgan fingerprint density at radius 1 is 1.19 bits per heavy atom. The van der Waals surface area contributed by atoms with Gasteiger partial charge in [-0.1, -0.05) is 12.1 Å². The van der Waals surface area contributed by atoms with Gasteiger partial charge >= 0.3 is 0 Å². The molecule has 1 unspecified atom stereocenters. The number of pyridine rings is 1. The topological polar surface area (TPSA) is 47.8 Å². The number of hydrogen-bond acceptors (Lipinski definition) is 3. The molecule has 4 nitrogen and oxygen atoms in total. The number of rotatable bonds is 3. The molecule has 0 aliphatic rings. The summed E-state index contributed by atoms with van der Waals surface area (Å²) in [6.07, 6.45) is 4.11. The number of hydrogen-bond donors (Lipinski definition) is 0. The molecule has 0 saturated heterocycles. The molecule has 2 heterocycles. The zero-order valence-corrected chi connectivity index (χ0v) is 12.2. The Labute approximate surface area is 123 Å². The Hall–Kier alpha value is -2.49. The number of fused-ring (bicyclic) bond motifs is 1. The Kier molecular flexibility index (Phi) is 3.52. The average Bonchev–Trinajstić information content (AvgIpc) is 2.48. The maximum absolute atomic E-state index is 12.6. The molecule has 1 atom stereocenters. The smallest absolute Gasteiger partial charge is 0.261 e. The number of aromatic nitrogens is 3. The van der Waals surface area contributed by atoms with Crippen LogP contribution in [0.15, 0.2) is 53.7 Å². The largest absolute Gasteiger partial charge is 0.295 e. The molecule has 0 N–H and O–H groups in total. The third-order valence-corrected chi connectivity index (χ3v) is 3.64. The van der Waals surface area contributed by atoms with E-state index in [0.717, 1.165) is 16.8 Å². The molecule has 0 spiro atoms. The van der Waals surface area contributed by atoms with Gasteiger partial charge in [0.25, 0.3) is 5.56 Å². The lowest BCUT2D eigenvalue weighted by Crippen LogP contribution is -2.25. The van der Waals surface area contributed by atoms with Gasteiger partial charge in [0.2, 0.25) is 0 Å². The summed E-state index contributed by atoms with van der Waals surface area (Å²) in [5.74, 6) is 0. The molecule has 0 saturated carbocycles. The Morgan fingerprint density at radius 2 is 2.05 bits per heavy atom. The van der Waals surface area contributed by atoms with E-state index in [2.05, 4.69) is 9.97 Å². The van der Waals surface area contributed by atoms with Crippen LogP contribution in [0, 0.1) is 6.92 Å². The van der Waals surface area contributed by atoms with E-state index >= 15 is 0 Å². The van der Waals surface area contributed by atoms with Crippen molar-refractivity contribution in [1.29, 1.82) is 0 Å². The quantitative estimate of drug-likeness (QED) is 0.740. The molecule has 0 aliphatic carbocycles.